The second kappa shape index (κ2) is 12.7. The molecular weight excluding hydrogens is 344 g/mol. The van der Waals surface area contributed by atoms with Crippen LogP contribution in [0.3, 0.4) is 0 Å². The fourth-order valence-electron chi connectivity index (χ4n) is 0.924. The molecule has 7 nitrogen and oxygen atoms in total. The molecule has 1 atom stereocenters. The zero-order chi connectivity index (χ0) is 18.5. The molecule has 0 rings (SSSR count). The van der Waals surface area contributed by atoms with Gasteiger partial charge in [-0.1, -0.05) is 26.7 Å². The number of phosphoric acid groups is 1. The Morgan fingerprint density at radius 2 is 1.57 bits per heavy atom. The third-order valence-corrected chi connectivity index (χ3v) is 3.23. The van der Waals surface area contributed by atoms with E-state index in [4.69, 9.17) is 5.11 Å². The van der Waals surface area contributed by atoms with E-state index in [9.17, 15) is 27.4 Å². The Labute approximate surface area is 133 Å². The number of methoxy groups -OCH3 is 1. The Morgan fingerprint density at radius 3 is 1.78 bits per heavy atom. The van der Waals surface area contributed by atoms with Gasteiger partial charge in [-0.05, 0) is 12.8 Å². The van der Waals surface area contributed by atoms with Gasteiger partial charge in [0, 0.05) is 0 Å². The number of aliphatic hydroxyl groups excluding tert-OH is 1. The molecule has 1 unspecified atom stereocenters. The van der Waals surface area contributed by atoms with Crippen LogP contribution in [0.2, 0.25) is 0 Å². The highest BCUT2D eigenvalue weighted by Gasteiger charge is 2.44. The molecule has 23 heavy (non-hydrogen) atoms. The summed E-state index contributed by atoms with van der Waals surface area (Å²) in [6.07, 6.45) is -4.67. The average Bonchev–Trinajstić information content (AvgIpc) is 2.45. The van der Waals surface area contributed by atoms with Crippen LogP contribution in [-0.2, 0) is 23.1 Å². The second-order valence-electron chi connectivity index (χ2n) is 4.29. The Hall–Kier alpha value is -0.670. The van der Waals surface area contributed by atoms with Gasteiger partial charge in [0.05, 0.1) is 20.3 Å². The first-order chi connectivity index (χ1) is 10.5. The van der Waals surface area contributed by atoms with Gasteiger partial charge < -0.3 is 23.8 Å². The summed E-state index contributed by atoms with van der Waals surface area (Å²) in [6.45, 7) is 4.39. The average molecular weight is 367 g/mol. The van der Waals surface area contributed by atoms with Gasteiger partial charge in [0.2, 0.25) is 6.10 Å². The van der Waals surface area contributed by atoms with Crippen LogP contribution in [0.1, 0.15) is 39.5 Å². The van der Waals surface area contributed by atoms with Gasteiger partial charge >= 0.3 is 12.1 Å². The van der Waals surface area contributed by atoms with Gasteiger partial charge in [0.15, 0.2) is 0 Å². The van der Waals surface area contributed by atoms with E-state index in [1.165, 1.54) is 0 Å². The molecule has 0 radical (unpaired) electrons. The molecule has 0 bridgehead atoms. The Balaban J connectivity index is 0. The lowest BCUT2D eigenvalue weighted by molar-refractivity contribution is -0.225. The van der Waals surface area contributed by atoms with Crippen molar-refractivity contribution in [3.63, 3.8) is 0 Å². The van der Waals surface area contributed by atoms with Crippen LogP contribution in [0, 0.1) is 0 Å². The van der Waals surface area contributed by atoms with Crippen LogP contribution in [0.4, 0.5) is 13.2 Å². The Kier molecular flexibility index (Phi) is 13.6. The highest BCUT2D eigenvalue weighted by atomic mass is 31.2. The van der Waals surface area contributed by atoms with Gasteiger partial charge in [-0.3, -0.25) is 4.57 Å². The van der Waals surface area contributed by atoms with Gasteiger partial charge in [-0.15, -0.1) is 0 Å². The minimum Gasteiger partial charge on any atom is -0.756 e. The summed E-state index contributed by atoms with van der Waals surface area (Å²) >= 11 is 0. The van der Waals surface area contributed by atoms with E-state index in [-0.39, 0.29) is 13.2 Å². The largest absolute Gasteiger partial charge is 0.756 e. The Bertz CT molecular complexity index is 349. The number of esters is 1. The minimum atomic E-state index is -4.94. The third-order valence-electron chi connectivity index (χ3n) is 2.23. The predicted molar refractivity (Wildman–Crippen MR) is 73.4 cm³/mol. The van der Waals surface area contributed by atoms with E-state index >= 15 is 0 Å². The lowest BCUT2D eigenvalue weighted by atomic mass is 10.3. The van der Waals surface area contributed by atoms with Crippen LogP contribution >= 0.6 is 7.82 Å². The fraction of sp³-hybridized carbons (Fsp3) is 0.917. The van der Waals surface area contributed by atoms with Crippen LogP contribution in [0.5, 0.6) is 0 Å². The summed E-state index contributed by atoms with van der Waals surface area (Å²) in [5.41, 5.74) is 0. The first-order valence-electron chi connectivity index (χ1n) is 6.94. The highest BCUT2D eigenvalue weighted by molar-refractivity contribution is 7.45. The van der Waals surface area contributed by atoms with Gasteiger partial charge in [0.25, 0.3) is 7.82 Å². The number of ether oxygens (including phenoxy) is 1. The monoisotopic (exact) mass is 367 g/mol. The molecule has 11 heteroatoms. The number of hydrogen-bond donors (Lipinski definition) is 1. The maximum absolute atomic E-state index is 11.3. The van der Waals surface area contributed by atoms with Gasteiger partial charge in [0.1, 0.15) is 0 Å². The lowest BCUT2D eigenvalue weighted by Crippen LogP contribution is -2.37. The minimum absolute atomic E-state index is 0.226. The first-order valence-corrected chi connectivity index (χ1v) is 8.40. The van der Waals surface area contributed by atoms with Crippen molar-refractivity contribution in [2.24, 2.45) is 0 Å². The predicted octanol–water partition coefficient (Wildman–Crippen LogP) is 2.17. The number of rotatable bonds is 9. The molecule has 0 aliphatic rings. The van der Waals surface area contributed by atoms with Crippen molar-refractivity contribution in [1.29, 1.82) is 0 Å². The molecule has 1 N–H and O–H groups in total. The summed E-state index contributed by atoms with van der Waals surface area (Å²) in [4.78, 5) is 20.9. The quantitative estimate of drug-likeness (QED) is 0.378. The van der Waals surface area contributed by atoms with Crippen LogP contribution in [-0.4, -0.2) is 43.7 Å². The number of unbranched alkanes of at least 4 members (excludes halogenated alkanes) is 2. The number of aliphatic hydroxyl groups is 1. The van der Waals surface area contributed by atoms with Crippen molar-refractivity contribution in [2.45, 2.75) is 51.8 Å². The molecule has 0 saturated heterocycles. The van der Waals surface area contributed by atoms with E-state index < -0.39 is 26.1 Å². The summed E-state index contributed by atoms with van der Waals surface area (Å²) in [5, 5.41) is 8.05. The zero-order valence-corrected chi connectivity index (χ0v) is 14.2. The SMILES string of the molecule is CCCCOP(=O)([O-])OCCCC.COC(=O)C(O)C(F)(F)F. The number of phosphoric ester groups is 1. The third kappa shape index (κ3) is 14.6. The summed E-state index contributed by atoms with van der Waals surface area (Å²) in [6, 6.07) is 0. The van der Waals surface area contributed by atoms with Crippen molar-refractivity contribution in [2.75, 3.05) is 20.3 Å². The summed E-state index contributed by atoms with van der Waals surface area (Å²) in [5.74, 6) is -1.70. The number of alkyl halides is 3. The molecule has 0 fully saturated rings. The zero-order valence-electron chi connectivity index (χ0n) is 13.3. The molecule has 0 aromatic rings. The molecule has 0 aliphatic carbocycles. The number of halogens is 3. The molecule has 140 valence electrons. The molecule has 0 spiro atoms. The number of carbonyl (C=O) groups excluding carboxylic acids is 1. The normalized spacial score (nSPS) is 13.0. The maximum Gasteiger partial charge on any atom is 0.425 e. The Morgan fingerprint density at radius 1 is 1.17 bits per heavy atom. The van der Waals surface area contributed by atoms with E-state index in [0.29, 0.717) is 0 Å². The van der Waals surface area contributed by atoms with Gasteiger partial charge in [-0.25, -0.2) is 4.79 Å². The maximum atomic E-state index is 11.3. The molecule has 0 amide bonds. The standard InChI is InChI=1S/C8H19O4P.C4H5F3O3/c1-3-5-7-11-13(9,10)12-8-6-4-2;1-10-3(9)2(8)4(5,6)7/h3-8H2,1-2H3,(H,9,10);2,8H,1H3/p-1. The van der Waals surface area contributed by atoms with Crippen molar-refractivity contribution >= 4 is 13.8 Å². The number of hydrogen-bond acceptors (Lipinski definition) is 7. The summed E-state index contributed by atoms with van der Waals surface area (Å²) in [7, 11) is -3.24. The van der Waals surface area contributed by atoms with Gasteiger partial charge in [-0.2, -0.15) is 13.2 Å². The number of carbonyl (C=O) groups is 1. The molecule has 0 aromatic heterocycles. The van der Waals surface area contributed by atoms with Crippen molar-refractivity contribution in [1.82, 2.24) is 0 Å². The smallest absolute Gasteiger partial charge is 0.425 e. The lowest BCUT2D eigenvalue weighted by Gasteiger charge is -2.22. The molecule has 0 aliphatic heterocycles. The van der Waals surface area contributed by atoms with Crippen molar-refractivity contribution in [3.8, 4) is 0 Å². The van der Waals surface area contributed by atoms with Crippen LogP contribution in [0.25, 0.3) is 0 Å². The van der Waals surface area contributed by atoms with E-state index in [0.717, 1.165) is 32.8 Å². The van der Waals surface area contributed by atoms with Crippen LogP contribution in [0.15, 0.2) is 0 Å². The first kappa shape index (κ1) is 24.6. The highest BCUT2D eigenvalue weighted by Crippen LogP contribution is 2.38. The van der Waals surface area contributed by atoms with E-state index in [2.05, 4.69) is 13.8 Å². The molecule has 0 aromatic carbocycles. The molecular formula is C12H23F3O7P-. The molecule has 0 saturated carbocycles. The topological polar surface area (TPSA) is 105 Å². The summed E-state index contributed by atoms with van der Waals surface area (Å²) < 4.78 is 57.8. The second-order valence-corrected chi connectivity index (χ2v) is 5.70. The van der Waals surface area contributed by atoms with Crippen molar-refractivity contribution in [3.05, 3.63) is 0 Å². The van der Waals surface area contributed by atoms with Crippen molar-refractivity contribution < 1.29 is 46.3 Å². The van der Waals surface area contributed by atoms with Crippen LogP contribution < -0.4 is 4.89 Å². The van der Waals surface area contributed by atoms with E-state index in [1.807, 2.05) is 13.8 Å². The van der Waals surface area contributed by atoms with E-state index in [1.54, 1.807) is 0 Å². The molecule has 0 heterocycles. The fourth-order valence-corrected chi connectivity index (χ4v) is 1.70.